The number of benzene rings is 1. The van der Waals surface area contributed by atoms with Crippen molar-refractivity contribution in [3.63, 3.8) is 0 Å². The Morgan fingerprint density at radius 3 is 1.65 bits per heavy atom. The van der Waals surface area contributed by atoms with Crippen LogP contribution in [0.25, 0.3) is 5.57 Å². The van der Waals surface area contributed by atoms with Crippen LogP contribution in [-0.4, -0.2) is 6.18 Å². The Balaban J connectivity index is -0.000000197. The van der Waals surface area contributed by atoms with Gasteiger partial charge < -0.3 is 0 Å². The first-order valence-electron chi connectivity index (χ1n) is 13.4. The fourth-order valence-electron chi connectivity index (χ4n) is 2.86. The molecule has 0 nitrogen and oxygen atoms in total. The van der Waals surface area contributed by atoms with Crippen LogP contribution < -0.4 is 0 Å². The maximum atomic E-state index is 10.8. The number of hydrogen-bond donors (Lipinski definition) is 0. The van der Waals surface area contributed by atoms with E-state index in [0.717, 1.165) is 25.2 Å². The molecule has 1 aromatic carbocycles. The summed E-state index contributed by atoms with van der Waals surface area (Å²) in [4.78, 5) is 0. The zero-order valence-electron chi connectivity index (χ0n) is 24.6. The number of hydrogen-bond acceptors (Lipinski definition) is 0. The fraction of sp³-hybridized carbons (Fsp3) is 0.677. The Labute approximate surface area is 212 Å². The number of alkyl halides is 3. The molecule has 2 atom stereocenters. The van der Waals surface area contributed by atoms with E-state index in [1.54, 1.807) is 0 Å². The van der Waals surface area contributed by atoms with Gasteiger partial charge in [0.25, 0.3) is 0 Å². The topological polar surface area (TPSA) is 0 Å². The molecule has 1 aromatic rings. The third-order valence-corrected chi connectivity index (χ3v) is 5.30. The van der Waals surface area contributed by atoms with Crippen LogP contribution in [0.1, 0.15) is 126 Å². The summed E-state index contributed by atoms with van der Waals surface area (Å²) in [6.07, 6.45) is 4.00. The molecule has 0 radical (unpaired) electrons. The molecule has 202 valence electrons. The minimum Gasteiger partial charge on any atom is -0.171 e. The van der Waals surface area contributed by atoms with Gasteiger partial charge in [0.2, 0.25) is 0 Å². The summed E-state index contributed by atoms with van der Waals surface area (Å²) in [5, 5.41) is 0. The van der Waals surface area contributed by atoms with Crippen molar-refractivity contribution >= 4 is 5.57 Å². The Kier molecular flexibility index (Phi) is 30.5. The van der Waals surface area contributed by atoms with Crippen molar-refractivity contribution in [3.05, 3.63) is 53.6 Å². The summed E-state index contributed by atoms with van der Waals surface area (Å²) in [5.74, 6) is 1.92. The highest BCUT2D eigenvalue weighted by molar-refractivity contribution is 5.64. The normalized spacial score (nSPS) is 12.1. The Bertz CT molecular complexity index is 580. The van der Waals surface area contributed by atoms with Crippen LogP contribution in [0.2, 0.25) is 0 Å². The molecular weight excluding hydrogens is 429 g/mol. The molecule has 34 heavy (non-hydrogen) atoms. The minimum atomic E-state index is -3.96. The van der Waals surface area contributed by atoms with E-state index in [2.05, 4.69) is 85.4 Å². The number of rotatable bonds is 8. The van der Waals surface area contributed by atoms with E-state index < -0.39 is 12.6 Å². The largest absolute Gasteiger partial charge is 0.388 e. The summed E-state index contributed by atoms with van der Waals surface area (Å²) in [5.41, 5.74) is 5.14. The van der Waals surface area contributed by atoms with Gasteiger partial charge in [0.1, 0.15) is 0 Å². The molecule has 0 N–H and O–H groups in total. The average Bonchev–Trinajstić information content (AvgIpc) is 2.83. The van der Waals surface area contributed by atoms with E-state index >= 15 is 0 Å². The molecule has 1 unspecified atom stereocenters. The fourth-order valence-corrected chi connectivity index (χ4v) is 2.86. The predicted molar refractivity (Wildman–Crippen MR) is 151 cm³/mol. The molecule has 0 fully saturated rings. The van der Waals surface area contributed by atoms with Gasteiger partial charge in [-0.15, -0.1) is 0 Å². The van der Waals surface area contributed by atoms with Crippen LogP contribution >= 0.6 is 0 Å². The lowest BCUT2D eigenvalue weighted by atomic mass is 9.86. The van der Waals surface area contributed by atoms with Crippen molar-refractivity contribution in [1.29, 1.82) is 0 Å². The standard InChI is InChI=1S/C14H18.C10H22.C3H5F3.2C2H6/c1-11(2)5-8-13(4)14-9-6-12(3)7-10-14;1-5-8-10(7-3)9(4)6-2;1-2-3(4,5)6;2*1-2/h6-10H,1,5H2,2-4H3;9-10H,5-8H2,1-4H3;2H2,1H3;2*1-2H3/b13-8+;;;;/t;9-,10?;;;/m.0.../s1. The second-order valence-corrected chi connectivity index (χ2v) is 8.23. The summed E-state index contributed by atoms with van der Waals surface area (Å²) >= 11 is 0. The molecule has 1 rings (SSSR count). The lowest BCUT2D eigenvalue weighted by molar-refractivity contribution is -0.130. The maximum absolute atomic E-state index is 10.8. The second-order valence-electron chi connectivity index (χ2n) is 8.23. The third kappa shape index (κ3) is 26.7. The molecular formula is C31H57F3. The van der Waals surface area contributed by atoms with Crippen LogP contribution in [0.3, 0.4) is 0 Å². The van der Waals surface area contributed by atoms with Crippen molar-refractivity contribution in [2.45, 2.75) is 128 Å². The zero-order chi connectivity index (χ0) is 27.7. The van der Waals surface area contributed by atoms with Gasteiger partial charge in [-0.3, -0.25) is 0 Å². The Morgan fingerprint density at radius 2 is 1.35 bits per heavy atom. The van der Waals surface area contributed by atoms with E-state index in [1.165, 1.54) is 48.0 Å². The van der Waals surface area contributed by atoms with Crippen molar-refractivity contribution in [3.8, 4) is 0 Å². The van der Waals surface area contributed by atoms with Gasteiger partial charge in [-0.25, -0.2) is 0 Å². The first-order chi connectivity index (χ1) is 15.9. The lowest BCUT2D eigenvalue weighted by Crippen LogP contribution is -2.09. The summed E-state index contributed by atoms with van der Waals surface area (Å²) in [6.45, 7) is 28.6. The average molecular weight is 487 g/mol. The summed E-state index contributed by atoms with van der Waals surface area (Å²) < 4.78 is 32.4. The molecule has 0 aliphatic heterocycles. The number of allylic oxidation sites excluding steroid dienone is 3. The molecule has 0 aliphatic rings. The SMILES string of the molecule is C=C(C)C/C=C(\C)c1ccc(C)cc1.CC.CC.CCC(F)(F)F.CCCC(CC)[C@@H](C)CC. The molecule has 0 aliphatic carbocycles. The Morgan fingerprint density at radius 1 is 0.912 bits per heavy atom. The first kappa shape index (κ1) is 39.7. The van der Waals surface area contributed by atoms with Crippen molar-refractivity contribution in [2.75, 3.05) is 0 Å². The predicted octanol–water partition coefficient (Wildman–Crippen LogP) is 12.2. The van der Waals surface area contributed by atoms with Crippen LogP contribution in [0, 0.1) is 18.8 Å². The van der Waals surface area contributed by atoms with Crippen molar-refractivity contribution < 1.29 is 13.2 Å². The smallest absolute Gasteiger partial charge is 0.171 e. The molecule has 0 amide bonds. The van der Waals surface area contributed by atoms with Crippen LogP contribution in [-0.2, 0) is 0 Å². The van der Waals surface area contributed by atoms with Gasteiger partial charge in [-0.05, 0) is 50.2 Å². The maximum Gasteiger partial charge on any atom is 0.388 e. The molecule has 0 bridgehead atoms. The van der Waals surface area contributed by atoms with Crippen molar-refractivity contribution in [2.24, 2.45) is 11.8 Å². The highest BCUT2D eigenvalue weighted by Crippen LogP contribution is 2.23. The van der Waals surface area contributed by atoms with E-state index in [4.69, 9.17) is 0 Å². The van der Waals surface area contributed by atoms with Crippen molar-refractivity contribution in [1.82, 2.24) is 0 Å². The van der Waals surface area contributed by atoms with Crippen LogP contribution in [0.4, 0.5) is 13.2 Å². The lowest BCUT2D eigenvalue weighted by Gasteiger charge is -2.20. The molecule has 3 heteroatoms. The van der Waals surface area contributed by atoms with Gasteiger partial charge in [0.15, 0.2) is 0 Å². The second kappa shape index (κ2) is 26.1. The van der Waals surface area contributed by atoms with Gasteiger partial charge in [0.05, 0.1) is 0 Å². The van der Waals surface area contributed by atoms with Gasteiger partial charge in [-0.2, -0.15) is 13.2 Å². The van der Waals surface area contributed by atoms with Crippen LogP contribution in [0.5, 0.6) is 0 Å². The van der Waals surface area contributed by atoms with E-state index in [9.17, 15) is 13.2 Å². The van der Waals surface area contributed by atoms with Gasteiger partial charge >= 0.3 is 6.18 Å². The molecule has 0 heterocycles. The van der Waals surface area contributed by atoms with E-state index in [1.807, 2.05) is 27.7 Å². The third-order valence-electron chi connectivity index (χ3n) is 5.30. The molecule has 0 saturated carbocycles. The number of aryl methyl sites for hydroxylation is 1. The quantitative estimate of drug-likeness (QED) is 0.320. The highest BCUT2D eigenvalue weighted by atomic mass is 19.4. The minimum absolute atomic E-state index is 0.729. The van der Waals surface area contributed by atoms with E-state index in [0.29, 0.717) is 0 Å². The summed E-state index contributed by atoms with van der Waals surface area (Å²) in [7, 11) is 0. The number of halogens is 3. The zero-order valence-corrected chi connectivity index (χ0v) is 24.6. The van der Waals surface area contributed by atoms with Gasteiger partial charge in [-0.1, -0.05) is 136 Å². The highest BCUT2D eigenvalue weighted by Gasteiger charge is 2.22. The van der Waals surface area contributed by atoms with Gasteiger partial charge in [0, 0.05) is 6.42 Å². The van der Waals surface area contributed by atoms with Crippen LogP contribution in [0.15, 0.2) is 42.5 Å². The van der Waals surface area contributed by atoms with E-state index in [-0.39, 0.29) is 0 Å². The first-order valence-corrected chi connectivity index (χ1v) is 13.4. The molecule has 0 spiro atoms. The summed E-state index contributed by atoms with van der Waals surface area (Å²) in [6, 6.07) is 8.63. The molecule has 0 saturated heterocycles. The molecule has 0 aromatic heterocycles. The monoisotopic (exact) mass is 486 g/mol. The Hall–Kier alpha value is -1.51.